The first-order valence-electron chi connectivity index (χ1n) is 11.1. The van der Waals surface area contributed by atoms with Gasteiger partial charge in [-0.1, -0.05) is 29.8 Å². The van der Waals surface area contributed by atoms with Crippen LogP contribution in [-0.4, -0.2) is 31.3 Å². The van der Waals surface area contributed by atoms with E-state index in [2.05, 4.69) is 21.5 Å². The van der Waals surface area contributed by atoms with Gasteiger partial charge in [0.15, 0.2) is 5.82 Å². The first kappa shape index (κ1) is 23.3. The van der Waals surface area contributed by atoms with Crippen LogP contribution in [0.4, 0.5) is 23.3 Å². The third-order valence-corrected chi connectivity index (χ3v) is 6.83. The van der Waals surface area contributed by atoms with Gasteiger partial charge in [-0.25, -0.2) is 4.98 Å². The fraction of sp³-hybridized carbons (Fsp3) is 0.208. The van der Waals surface area contributed by atoms with Crippen LogP contribution < -0.4 is 27.4 Å². The van der Waals surface area contributed by atoms with Crippen LogP contribution in [0.3, 0.4) is 0 Å². The summed E-state index contributed by atoms with van der Waals surface area (Å²) in [6.45, 7) is 0.449. The molecule has 6 N–H and O–H groups in total. The van der Waals surface area contributed by atoms with Crippen molar-refractivity contribution in [2.24, 2.45) is 7.05 Å². The molecule has 0 radical (unpaired) electrons. The zero-order valence-electron chi connectivity index (χ0n) is 19.2. The quantitative estimate of drug-likeness (QED) is 0.303. The molecule has 1 fully saturated rings. The van der Waals surface area contributed by atoms with Crippen molar-refractivity contribution >= 4 is 45.8 Å². The van der Waals surface area contributed by atoms with E-state index in [4.69, 9.17) is 28.1 Å². The highest BCUT2D eigenvalue weighted by molar-refractivity contribution is 6.35. The number of nitrogen functional groups attached to an aromatic ring is 2. The minimum atomic E-state index is -0.437. The van der Waals surface area contributed by atoms with Crippen molar-refractivity contribution < 1.29 is 5.21 Å². The number of benzene rings is 2. The van der Waals surface area contributed by atoms with Crippen LogP contribution in [0.2, 0.25) is 5.02 Å². The van der Waals surface area contributed by atoms with E-state index in [1.165, 1.54) is 4.57 Å². The summed E-state index contributed by atoms with van der Waals surface area (Å²) in [4.78, 5) is 28.3. The third-order valence-electron chi connectivity index (χ3n) is 6.52. The second-order valence-corrected chi connectivity index (χ2v) is 8.99. The first-order valence-corrected chi connectivity index (χ1v) is 11.4. The van der Waals surface area contributed by atoms with Gasteiger partial charge in [-0.05, 0) is 36.2 Å². The van der Waals surface area contributed by atoms with Gasteiger partial charge in [0.05, 0.1) is 27.7 Å². The summed E-state index contributed by atoms with van der Waals surface area (Å²) in [5, 5.41) is 19.7. The Bertz CT molecular complexity index is 1580. The van der Waals surface area contributed by atoms with Gasteiger partial charge in [0, 0.05) is 19.5 Å². The van der Waals surface area contributed by atoms with Crippen molar-refractivity contribution in [3.63, 3.8) is 0 Å². The molecular weight excluding hydrogens is 482 g/mol. The molecule has 0 bridgehead atoms. The molecule has 36 heavy (non-hydrogen) atoms. The maximum Gasteiger partial charge on any atom is 0.262 e. The number of anilines is 4. The number of nitriles is 1. The molecule has 2 aromatic carbocycles. The number of fused-ring (bicyclic) bond motifs is 1. The van der Waals surface area contributed by atoms with Gasteiger partial charge >= 0.3 is 0 Å². The molecule has 0 aliphatic carbocycles. The molecule has 12 heteroatoms. The molecule has 1 aliphatic heterocycles. The van der Waals surface area contributed by atoms with Crippen LogP contribution in [0.1, 0.15) is 35.3 Å². The van der Waals surface area contributed by atoms with E-state index >= 15 is 0 Å². The highest BCUT2D eigenvalue weighted by Gasteiger charge is 2.39. The molecule has 0 spiro atoms. The van der Waals surface area contributed by atoms with Gasteiger partial charge < -0.3 is 16.4 Å². The molecule has 4 aromatic rings. The van der Waals surface area contributed by atoms with Crippen LogP contribution in [0, 0.1) is 11.3 Å². The van der Waals surface area contributed by atoms with Gasteiger partial charge in [0.1, 0.15) is 23.3 Å². The maximum atomic E-state index is 13.3. The Morgan fingerprint density at radius 2 is 1.92 bits per heavy atom. The number of nitrogens with one attached hydrogen (secondary N) is 1. The first-order chi connectivity index (χ1) is 17.3. The number of aromatic nitrogens is 4. The van der Waals surface area contributed by atoms with Crippen molar-refractivity contribution in [2.45, 2.75) is 18.4 Å². The summed E-state index contributed by atoms with van der Waals surface area (Å²) in [6, 6.07) is 14.1. The van der Waals surface area contributed by atoms with Crippen LogP contribution in [0.15, 0.2) is 47.3 Å². The van der Waals surface area contributed by atoms with E-state index < -0.39 is 6.04 Å². The minimum absolute atomic E-state index is 0.0151. The third kappa shape index (κ3) is 3.82. The van der Waals surface area contributed by atoms with Crippen LogP contribution in [-0.2, 0) is 7.05 Å². The lowest BCUT2D eigenvalue weighted by atomic mass is 9.96. The minimum Gasteiger partial charge on any atom is -0.382 e. The molecule has 182 valence electrons. The molecule has 5 rings (SSSR count). The van der Waals surface area contributed by atoms with Crippen LogP contribution in [0.25, 0.3) is 10.9 Å². The zero-order chi connectivity index (χ0) is 25.6. The lowest BCUT2D eigenvalue weighted by molar-refractivity contribution is 0.389. The number of nitrogens with two attached hydrogens (primary N) is 2. The van der Waals surface area contributed by atoms with Crippen molar-refractivity contribution in [1.29, 1.82) is 5.26 Å². The summed E-state index contributed by atoms with van der Waals surface area (Å²) in [7, 11) is 1.65. The van der Waals surface area contributed by atoms with Crippen molar-refractivity contribution in [3.05, 3.63) is 74.8 Å². The smallest absolute Gasteiger partial charge is 0.262 e. The molecule has 3 heterocycles. The topological polar surface area (TPSA) is 172 Å². The fourth-order valence-corrected chi connectivity index (χ4v) is 5.02. The van der Waals surface area contributed by atoms with Crippen LogP contribution >= 0.6 is 11.6 Å². The monoisotopic (exact) mass is 503 g/mol. The zero-order valence-corrected chi connectivity index (χ0v) is 19.9. The standard InChI is InChI=1S/C24H22ClN9O2/c1-33-22(29-17-4-2-3-16(25)19(17)23(33)35)18-9-13(12-5-7-14(32-36)8-6-12)11-34(18)21-15(10-26)20(27)30-24(28)31-21/h2-8,13,18,32,36H,9,11H2,1H3,(H4,27,28,30,31)/t13-,18-/m0/s1. The fourth-order valence-electron chi connectivity index (χ4n) is 4.77. The van der Waals surface area contributed by atoms with Crippen molar-refractivity contribution in [3.8, 4) is 6.07 Å². The Kier molecular flexibility index (Phi) is 5.83. The average molecular weight is 504 g/mol. The largest absolute Gasteiger partial charge is 0.382 e. The molecule has 0 unspecified atom stereocenters. The number of halogens is 1. The highest BCUT2D eigenvalue weighted by atomic mass is 35.5. The van der Waals surface area contributed by atoms with Crippen molar-refractivity contribution in [1.82, 2.24) is 19.5 Å². The predicted molar refractivity (Wildman–Crippen MR) is 137 cm³/mol. The summed E-state index contributed by atoms with van der Waals surface area (Å²) in [5.74, 6) is 0.676. The highest BCUT2D eigenvalue weighted by Crippen LogP contribution is 2.43. The average Bonchev–Trinajstić information content (AvgIpc) is 3.31. The lowest BCUT2D eigenvalue weighted by Gasteiger charge is -2.27. The Morgan fingerprint density at radius 3 is 2.61 bits per heavy atom. The molecule has 0 amide bonds. The molecule has 1 saturated heterocycles. The Balaban J connectivity index is 1.69. The SMILES string of the molecule is Cn1c([C@@H]2C[C@H](c3ccc(NO)cc3)CN2c2nc(N)nc(N)c2C#N)nc2cccc(Cl)c2c1=O. The van der Waals surface area contributed by atoms with Gasteiger partial charge in [-0.3, -0.25) is 20.0 Å². The Hall–Kier alpha value is -4.40. The van der Waals surface area contributed by atoms with Gasteiger partial charge in [-0.15, -0.1) is 0 Å². The van der Waals surface area contributed by atoms with E-state index in [0.717, 1.165) is 5.56 Å². The molecule has 0 saturated carbocycles. The van der Waals surface area contributed by atoms with Gasteiger partial charge in [0.25, 0.3) is 5.56 Å². The lowest BCUT2D eigenvalue weighted by Crippen LogP contribution is -2.32. The van der Waals surface area contributed by atoms with E-state index in [1.807, 2.05) is 17.0 Å². The Labute approximate surface area is 210 Å². The summed E-state index contributed by atoms with van der Waals surface area (Å²) in [6.07, 6.45) is 0.562. The number of hydrogen-bond acceptors (Lipinski definition) is 10. The molecule has 1 aliphatic rings. The second-order valence-electron chi connectivity index (χ2n) is 8.58. The molecule has 11 nitrogen and oxygen atoms in total. The molecule has 2 atom stereocenters. The number of hydrogen-bond donors (Lipinski definition) is 4. The summed E-state index contributed by atoms with van der Waals surface area (Å²) in [5.41, 5.74) is 15.9. The summed E-state index contributed by atoms with van der Waals surface area (Å²) < 4.78 is 1.48. The predicted octanol–water partition coefficient (Wildman–Crippen LogP) is 2.95. The van der Waals surface area contributed by atoms with Crippen molar-refractivity contribution in [2.75, 3.05) is 28.4 Å². The maximum absolute atomic E-state index is 13.3. The number of rotatable bonds is 4. The van der Waals surface area contributed by atoms with Gasteiger partial charge in [0.2, 0.25) is 5.95 Å². The van der Waals surface area contributed by atoms with E-state index in [1.54, 1.807) is 37.4 Å². The van der Waals surface area contributed by atoms with E-state index in [0.29, 0.717) is 40.4 Å². The van der Waals surface area contributed by atoms with Gasteiger partial charge in [-0.2, -0.15) is 15.2 Å². The molecule has 2 aromatic heterocycles. The second kappa shape index (κ2) is 8.99. The molecular formula is C24H22ClN9O2. The Morgan fingerprint density at radius 1 is 1.17 bits per heavy atom. The van der Waals surface area contributed by atoms with E-state index in [9.17, 15) is 15.3 Å². The van der Waals surface area contributed by atoms with Crippen LogP contribution in [0.5, 0.6) is 0 Å². The number of nitrogens with zero attached hydrogens (tertiary/aromatic N) is 6. The van der Waals surface area contributed by atoms with E-state index in [-0.39, 0.29) is 34.6 Å². The summed E-state index contributed by atoms with van der Waals surface area (Å²) >= 11 is 6.31. The normalized spacial score (nSPS) is 17.3.